The van der Waals surface area contributed by atoms with Crippen LogP contribution in [0.25, 0.3) is 0 Å². The fraction of sp³-hybridized carbons (Fsp3) is 0.538. The summed E-state index contributed by atoms with van der Waals surface area (Å²) >= 11 is 0. The van der Waals surface area contributed by atoms with E-state index >= 15 is 0 Å². The number of hydrogen-bond donors (Lipinski definition) is 0. The van der Waals surface area contributed by atoms with Crippen LogP contribution in [0.1, 0.15) is 26.3 Å². The normalized spacial score (nSPS) is 10.9. The van der Waals surface area contributed by atoms with Gasteiger partial charge in [-0.15, -0.1) is 0 Å². The molecule has 1 rings (SSSR count). The molecule has 0 unspecified atom stereocenters. The molecule has 0 spiro atoms. The van der Waals surface area contributed by atoms with Crippen molar-refractivity contribution in [3.05, 3.63) is 29.8 Å². The average Bonchev–Trinajstić information content (AvgIpc) is 2.24. The van der Waals surface area contributed by atoms with Crippen molar-refractivity contribution in [2.75, 3.05) is 19.6 Å². The minimum atomic E-state index is 0. The van der Waals surface area contributed by atoms with E-state index in [0.717, 1.165) is 4.48 Å². The fourth-order valence-corrected chi connectivity index (χ4v) is 2.08. The van der Waals surface area contributed by atoms with E-state index in [4.69, 9.17) is 0 Å². The Morgan fingerprint density at radius 3 is 1.60 bits per heavy atom. The molecule has 0 aliphatic carbocycles. The summed E-state index contributed by atoms with van der Waals surface area (Å²) in [4.78, 5) is 0. The van der Waals surface area contributed by atoms with E-state index in [2.05, 4.69) is 52.0 Å². The summed E-state index contributed by atoms with van der Waals surface area (Å²) in [5.74, 6) is 0. The Labute approximate surface area is 100 Å². The van der Waals surface area contributed by atoms with Crippen LogP contribution in [0, 0.1) is 6.92 Å². The zero-order valence-corrected chi connectivity index (χ0v) is 11.0. The van der Waals surface area contributed by atoms with Crippen molar-refractivity contribution in [2.45, 2.75) is 27.7 Å². The smallest absolute Gasteiger partial charge is 0.132 e. The molecule has 0 fully saturated rings. The number of hydrogen-bond acceptors (Lipinski definition) is 0. The van der Waals surface area contributed by atoms with Gasteiger partial charge >= 0.3 is 0 Å². The zero-order valence-electron chi connectivity index (χ0n) is 10.3. The summed E-state index contributed by atoms with van der Waals surface area (Å²) < 4.78 is 1.10. The van der Waals surface area contributed by atoms with Gasteiger partial charge in [-0.1, -0.05) is 17.7 Å². The molecule has 0 aliphatic rings. The van der Waals surface area contributed by atoms with E-state index in [9.17, 15) is 0 Å². The number of benzene rings is 1. The lowest BCUT2D eigenvalue weighted by molar-refractivity contribution is -0.00000314. The number of nitrogens with zero attached hydrogens (tertiary/aromatic N) is 1. The average molecular weight is 228 g/mol. The number of aryl methyl sites for hydroxylation is 1. The molecule has 0 atom stereocenters. The maximum atomic E-state index is 2.27. The molecular weight excluding hydrogens is 206 g/mol. The minimum Gasteiger partial charge on any atom is -1.00 e. The third-order valence-corrected chi connectivity index (χ3v) is 3.40. The summed E-state index contributed by atoms with van der Waals surface area (Å²) in [6.07, 6.45) is 0. The van der Waals surface area contributed by atoms with E-state index in [1.54, 1.807) is 0 Å². The van der Waals surface area contributed by atoms with Crippen molar-refractivity contribution in [3.8, 4) is 0 Å². The van der Waals surface area contributed by atoms with Crippen LogP contribution in [0.15, 0.2) is 24.3 Å². The SMILES string of the molecule is CC[N+](CC)(CC)c1ccc(C)cc1.[Cl-]. The summed E-state index contributed by atoms with van der Waals surface area (Å²) in [5.41, 5.74) is 2.79. The first kappa shape index (κ1) is 14.5. The first-order chi connectivity index (χ1) is 6.68. The fourth-order valence-electron chi connectivity index (χ4n) is 2.08. The molecule has 0 saturated heterocycles. The van der Waals surface area contributed by atoms with Gasteiger partial charge < -0.3 is 12.4 Å². The Morgan fingerprint density at radius 1 is 0.867 bits per heavy atom. The molecule has 0 radical (unpaired) electrons. The minimum absolute atomic E-state index is 0. The van der Waals surface area contributed by atoms with Gasteiger partial charge in [-0.05, 0) is 39.8 Å². The first-order valence-electron chi connectivity index (χ1n) is 5.61. The maximum Gasteiger partial charge on any atom is 0.132 e. The molecule has 1 aromatic carbocycles. The van der Waals surface area contributed by atoms with Gasteiger partial charge in [0.1, 0.15) is 5.69 Å². The van der Waals surface area contributed by atoms with Crippen molar-refractivity contribution < 1.29 is 12.4 Å². The second kappa shape index (κ2) is 6.14. The van der Waals surface area contributed by atoms with Gasteiger partial charge in [-0.3, -0.25) is 4.48 Å². The third-order valence-electron chi connectivity index (χ3n) is 3.40. The van der Waals surface area contributed by atoms with Crippen molar-refractivity contribution in [2.24, 2.45) is 0 Å². The van der Waals surface area contributed by atoms with Crippen LogP contribution in [-0.2, 0) is 0 Å². The summed E-state index contributed by atoms with van der Waals surface area (Å²) in [6.45, 7) is 12.5. The molecule has 0 aromatic heterocycles. The Balaban J connectivity index is 0.00000196. The van der Waals surface area contributed by atoms with Gasteiger partial charge in [-0.2, -0.15) is 0 Å². The molecule has 15 heavy (non-hydrogen) atoms. The second-order valence-electron chi connectivity index (χ2n) is 3.93. The predicted octanol–water partition coefficient (Wildman–Crippen LogP) is 0.366. The summed E-state index contributed by atoms with van der Waals surface area (Å²) in [5, 5.41) is 0. The first-order valence-corrected chi connectivity index (χ1v) is 5.61. The molecule has 0 N–H and O–H groups in total. The lowest BCUT2D eigenvalue weighted by Crippen LogP contribution is -3.00. The standard InChI is InChI=1S/C13H22N.ClH/c1-5-14(6-2,7-3)13-10-8-12(4)9-11-13;/h8-11H,5-7H2,1-4H3;1H/q+1;/p-1. The molecule has 1 aromatic rings. The van der Waals surface area contributed by atoms with Crippen LogP contribution >= 0.6 is 0 Å². The highest BCUT2D eigenvalue weighted by atomic mass is 35.5. The molecule has 0 saturated carbocycles. The van der Waals surface area contributed by atoms with Crippen molar-refractivity contribution in [1.82, 2.24) is 4.48 Å². The molecular formula is C13H22ClN. The van der Waals surface area contributed by atoms with Crippen LogP contribution < -0.4 is 16.9 Å². The quantitative estimate of drug-likeness (QED) is 0.652. The molecule has 0 aliphatic heterocycles. The highest BCUT2D eigenvalue weighted by Gasteiger charge is 2.23. The van der Waals surface area contributed by atoms with Crippen LogP contribution in [0.5, 0.6) is 0 Å². The van der Waals surface area contributed by atoms with Crippen molar-refractivity contribution in [3.63, 3.8) is 0 Å². The van der Waals surface area contributed by atoms with Crippen LogP contribution in [0.3, 0.4) is 0 Å². The van der Waals surface area contributed by atoms with Crippen molar-refractivity contribution in [1.29, 1.82) is 0 Å². The topological polar surface area (TPSA) is 0 Å². The molecule has 0 heterocycles. The van der Waals surface area contributed by atoms with Gasteiger partial charge in [-0.25, -0.2) is 0 Å². The Morgan fingerprint density at radius 2 is 1.27 bits per heavy atom. The number of quaternary nitrogens is 1. The lowest BCUT2D eigenvalue weighted by Gasteiger charge is -2.35. The lowest BCUT2D eigenvalue weighted by atomic mass is 10.2. The van der Waals surface area contributed by atoms with E-state index < -0.39 is 0 Å². The van der Waals surface area contributed by atoms with E-state index in [-0.39, 0.29) is 12.4 Å². The highest BCUT2D eigenvalue weighted by Crippen LogP contribution is 2.22. The predicted molar refractivity (Wildman–Crippen MR) is 64.6 cm³/mol. The van der Waals surface area contributed by atoms with E-state index in [1.807, 2.05) is 0 Å². The van der Waals surface area contributed by atoms with Crippen molar-refractivity contribution >= 4 is 5.69 Å². The molecule has 1 nitrogen and oxygen atoms in total. The number of rotatable bonds is 4. The van der Waals surface area contributed by atoms with E-state index in [0.29, 0.717) is 0 Å². The highest BCUT2D eigenvalue weighted by molar-refractivity contribution is 5.44. The Kier molecular flexibility index (Phi) is 5.92. The largest absolute Gasteiger partial charge is 1.00 e. The van der Waals surface area contributed by atoms with Gasteiger partial charge in [0.25, 0.3) is 0 Å². The van der Waals surface area contributed by atoms with Crippen LogP contribution in [0.4, 0.5) is 5.69 Å². The summed E-state index contributed by atoms with van der Waals surface area (Å²) in [6, 6.07) is 8.96. The van der Waals surface area contributed by atoms with Gasteiger partial charge in [0, 0.05) is 0 Å². The van der Waals surface area contributed by atoms with E-state index in [1.165, 1.54) is 30.9 Å². The van der Waals surface area contributed by atoms with Gasteiger partial charge in [0.15, 0.2) is 0 Å². The molecule has 0 amide bonds. The van der Waals surface area contributed by atoms with Crippen LogP contribution in [-0.4, -0.2) is 19.6 Å². The Bertz CT molecular complexity index is 267. The number of halogens is 1. The molecule has 0 bridgehead atoms. The van der Waals surface area contributed by atoms with Gasteiger partial charge in [0.05, 0.1) is 19.6 Å². The monoisotopic (exact) mass is 227 g/mol. The molecule has 2 heteroatoms. The zero-order chi connectivity index (χ0) is 10.6. The summed E-state index contributed by atoms with van der Waals surface area (Å²) in [7, 11) is 0. The molecule has 86 valence electrons. The van der Waals surface area contributed by atoms with Gasteiger partial charge in [0.2, 0.25) is 0 Å². The van der Waals surface area contributed by atoms with Crippen LogP contribution in [0.2, 0.25) is 0 Å². The maximum absolute atomic E-state index is 2.27. The second-order valence-corrected chi connectivity index (χ2v) is 3.93. The Hall–Kier alpha value is -0.530. The third kappa shape index (κ3) is 2.96.